The second-order valence-corrected chi connectivity index (χ2v) is 13.6. The summed E-state index contributed by atoms with van der Waals surface area (Å²) in [5.41, 5.74) is 2.68. The molecule has 0 saturated heterocycles. The van der Waals surface area contributed by atoms with Gasteiger partial charge in [0.25, 0.3) is 5.91 Å². The molecule has 2 aromatic carbocycles. The lowest BCUT2D eigenvalue weighted by molar-refractivity contribution is -0.144. The van der Waals surface area contributed by atoms with Crippen LogP contribution in [0.2, 0.25) is 0 Å². The number of hydrogen-bond donors (Lipinski definition) is 1. The number of amides is 2. The Labute approximate surface area is 273 Å². The molecular weight excluding hydrogens is 582 g/mol. The molecule has 5 rings (SSSR count). The highest BCUT2D eigenvalue weighted by Crippen LogP contribution is 2.47. The van der Waals surface area contributed by atoms with E-state index < -0.39 is 11.9 Å². The first kappa shape index (κ1) is 33.8. The first-order chi connectivity index (χ1) is 22.2. The van der Waals surface area contributed by atoms with Crippen molar-refractivity contribution in [3.8, 4) is 11.5 Å². The number of aliphatic carboxylic acids is 1. The van der Waals surface area contributed by atoms with Gasteiger partial charge in [-0.1, -0.05) is 37.6 Å². The van der Waals surface area contributed by atoms with Crippen LogP contribution in [0, 0.1) is 17.8 Å². The molecule has 9 heteroatoms. The lowest BCUT2D eigenvalue weighted by Crippen LogP contribution is -2.35. The summed E-state index contributed by atoms with van der Waals surface area (Å²) in [7, 11) is 4.14. The molecule has 2 aromatic rings. The molecule has 0 spiro atoms. The number of carboxylic acids is 1. The highest BCUT2D eigenvalue weighted by atomic mass is 16.7. The number of carbonyl (C=O) groups excluding carboxylic acids is 2. The van der Waals surface area contributed by atoms with Crippen molar-refractivity contribution < 1.29 is 29.0 Å². The number of fused-ring (bicyclic) bond motifs is 2. The van der Waals surface area contributed by atoms with E-state index in [0.29, 0.717) is 50.3 Å². The minimum Gasteiger partial charge on any atom is -0.481 e. The molecule has 3 aliphatic rings. The predicted octanol–water partition coefficient (Wildman–Crippen LogP) is 6.02. The fraction of sp³-hybridized carbons (Fsp3) is 0.595. The number of unbranched alkanes of at least 4 members (excludes halogenated alkanes) is 2. The molecule has 1 saturated carbocycles. The molecule has 0 bridgehead atoms. The van der Waals surface area contributed by atoms with Gasteiger partial charge in [-0.3, -0.25) is 14.4 Å². The fourth-order valence-electron chi connectivity index (χ4n) is 7.59. The first-order valence-corrected chi connectivity index (χ1v) is 17.2. The number of carbonyl (C=O) groups is 3. The van der Waals surface area contributed by atoms with Crippen LogP contribution >= 0.6 is 0 Å². The summed E-state index contributed by atoms with van der Waals surface area (Å²) in [6.07, 6.45) is 7.18. The lowest BCUT2D eigenvalue weighted by Gasteiger charge is -2.31. The van der Waals surface area contributed by atoms with E-state index in [0.717, 1.165) is 68.4 Å². The number of hydrogen-bond acceptors (Lipinski definition) is 6. The van der Waals surface area contributed by atoms with Crippen molar-refractivity contribution in [1.82, 2.24) is 14.7 Å². The zero-order valence-corrected chi connectivity index (χ0v) is 27.8. The van der Waals surface area contributed by atoms with Gasteiger partial charge in [-0.25, -0.2) is 0 Å². The topological polar surface area (TPSA) is 99.6 Å². The minimum atomic E-state index is -0.818. The van der Waals surface area contributed by atoms with Crippen molar-refractivity contribution in [2.75, 3.05) is 47.1 Å². The van der Waals surface area contributed by atoms with Crippen LogP contribution < -0.4 is 9.47 Å². The van der Waals surface area contributed by atoms with Gasteiger partial charge >= 0.3 is 5.97 Å². The highest BCUT2D eigenvalue weighted by molar-refractivity contribution is 5.98. The van der Waals surface area contributed by atoms with Crippen LogP contribution in [-0.4, -0.2) is 84.7 Å². The summed E-state index contributed by atoms with van der Waals surface area (Å²) in [4.78, 5) is 46.1. The normalized spacial score (nSPS) is 22.2. The zero-order valence-electron chi connectivity index (χ0n) is 27.8. The maximum absolute atomic E-state index is 13.8. The van der Waals surface area contributed by atoms with Gasteiger partial charge in [0.15, 0.2) is 11.5 Å². The van der Waals surface area contributed by atoms with Crippen molar-refractivity contribution in [1.29, 1.82) is 0 Å². The monoisotopic (exact) mass is 633 g/mol. The Bertz CT molecular complexity index is 1360. The second kappa shape index (κ2) is 15.8. The van der Waals surface area contributed by atoms with Crippen LogP contribution in [0.5, 0.6) is 11.5 Å². The van der Waals surface area contributed by atoms with E-state index in [1.807, 2.05) is 52.3 Å². The smallest absolute Gasteiger partial charge is 0.307 e. The molecule has 2 amide bonds. The number of carboxylic acid groups (broad SMARTS) is 1. The zero-order chi connectivity index (χ0) is 32.6. The molecule has 1 N–H and O–H groups in total. The molecule has 9 nitrogen and oxygen atoms in total. The molecule has 0 radical (unpaired) electrons. The summed E-state index contributed by atoms with van der Waals surface area (Å²) in [6, 6.07) is 13.5. The van der Waals surface area contributed by atoms with Gasteiger partial charge < -0.3 is 29.3 Å². The minimum absolute atomic E-state index is 0.0182. The van der Waals surface area contributed by atoms with Crippen LogP contribution in [0.25, 0.3) is 0 Å². The fourth-order valence-corrected chi connectivity index (χ4v) is 7.59. The van der Waals surface area contributed by atoms with Crippen molar-refractivity contribution in [2.45, 2.75) is 77.2 Å². The average molecular weight is 634 g/mol. The van der Waals surface area contributed by atoms with E-state index in [-0.39, 0.29) is 36.4 Å². The third-order valence-electron chi connectivity index (χ3n) is 10.1. The van der Waals surface area contributed by atoms with Gasteiger partial charge in [-0.2, -0.15) is 0 Å². The van der Waals surface area contributed by atoms with E-state index in [2.05, 4.69) is 25.9 Å². The van der Waals surface area contributed by atoms with Gasteiger partial charge in [-0.05, 0) is 113 Å². The van der Waals surface area contributed by atoms with Crippen LogP contribution in [0.4, 0.5) is 0 Å². The maximum Gasteiger partial charge on any atom is 0.307 e. The lowest BCUT2D eigenvalue weighted by atomic mass is 9.74. The van der Waals surface area contributed by atoms with Crippen molar-refractivity contribution in [3.05, 3.63) is 59.2 Å². The Morgan fingerprint density at radius 1 is 0.978 bits per heavy atom. The van der Waals surface area contributed by atoms with Crippen LogP contribution in [0.1, 0.15) is 92.1 Å². The molecule has 250 valence electrons. The third kappa shape index (κ3) is 8.21. The number of benzene rings is 2. The van der Waals surface area contributed by atoms with Crippen molar-refractivity contribution >= 4 is 17.8 Å². The SMILES string of the molecule is CCCCN(CCCCN(C)C)C(=O)CC1CC[C@@H](CCN2Cc3ccccc3C2=O)[C@H](C(=O)O)[C@@H](c2ccc3c(c2)OCO3)C1. The highest BCUT2D eigenvalue weighted by Gasteiger charge is 2.42. The van der Waals surface area contributed by atoms with Crippen LogP contribution in [0.15, 0.2) is 42.5 Å². The molecule has 2 heterocycles. The number of rotatable bonds is 15. The molecular formula is C37H51N3O6. The summed E-state index contributed by atoms with van der Waals surface area (Å²) >= 11 is 0. The van der Waals surface area contributed by atoms with Crippen molar-refractivity contribution in [2.24, 2.45) is 17.8 Å². The maximum atomic E-state index is 13.8. The van der Waals surface area contributed by atoms with Gasteiger partial charge in [0, 0.05) is 38.2 Å². The third-order valence-corrected chi connectivity index (χ3v) is 10.1. The van der Waals surface area contributed by atoms with E-state index in [9.17, 15) is 19.5 Å². The first-order valence-electron chi connectivity index (χ1n) is 17.2. The van der Waals surface area contributed by atoms with Crippen LogP contribution in [0.3, 0.4) is 0 Å². The Kier molecular flexibility index (Phi) is 11.6. The van der Waals surface area contributed by atoms with Gasteiger partial charge in [0.2, 0.25) is 12.7 Å². The second-order valence-electron chi connectivity index (χ2n) is 13.6. The van der Waals surface area contributed by atoms with E-state index >= 15 is 0 Å². The average Bonchev–Trinajstić information content (AvgIpc) is 3.58. The summed E-state index contributed by atoms with van der Waals surface area (Å²) in [5.74, 6) is -0.301. The van der Waals surface area contributed by atoms with Gasteiger partial charge in [-0.15, -0.1) is 0 Å². The van der Waals surface area contributed by atoms with E-state index in [1.165, 1.54) is 0 Å². The molecule has 0 aromatic heterocycles. The van der Waals surface area contributed by atoms with Gasteiger partial charge in [0.1, 0.15) is 0 Å². The summed E-state index contributed by atoms with van der Waals surface area (Å²) in [6.45, 7) is 5.90. The van der Waals surface area contributed by atoms with Gasteiger partial charge in [0.05, 0.1) is 5.92 Å². The molecule has 1 fully saturated rings. The number of ether oxygens (including phenoxy) is 2. The van der Waals surface area contributed by atoms with E-state index in [1.54, 1.807) is 0 Å². The molecule has 1 unspecified atom stereocenters. The molecule has 1 aliphatic carbocycles. The standard InChI is InChI=1S/C37H51N3O6/c1-4-5-18-39(19-9-8-17-38(2)3)34(41)22-26-12-13-27(16-20-40-24-29-10-6-7-11-30(29)36(40)42)35(37(43)44)31(21-26)28-14-15-32-33(23-28)46-25-45-32/h6-7,10-11,14-15,23,26-27,31,35H,4-5,8-9,12-13,16-22,24-25H2,1-3H3,(H,43,44)/t26?,27-,31+,35-/m0/s1. The Balaban J connectivity index is 1.34. The van der Waals surface area contributed by atoms with Crippen molar-refractivity contribution in [3.63, 3.8) is 0 Å². The molecule has 46 heavy (non-hydrogen) atoms. The van der Waals surface area contributed by atoms with E-state index in [4.69, 9.17) is 9.47 Å². The Hall–Kier alpha value is -3.59. The Morgan fingerprint density at radius 3 is 2.50 bits per heavy atom. The summed E-state index contributed by atoms with van der Waals surface area (Å²) in [5, 5.41) is 10.7. The molecule has 4 atom stereocenters. The quantitative estimate of drug-likeness (QED) is 0.189. The molecule has 2 aliphatic heterocycles. The summed E-state index contributed by atoms with van der Waals surface area (Å²) < 4.78 is 11.2. The predicted molar refractivity (Wildman–Crippen MR) is 177 cm³/mol. The largest absolute Gasteiger partial charge is 0.481 e. The van der Waals surface area contributed by atoms with Crippen LogP contribution in [-0.2, 0) is 16.1 Å². The Morgan fingerprint density at radius 2 is 1.74 bits per heavy atom. The number of nitrogens with zero attached hydrogens (tertiary/aromatic N) is 3.